The smallest absolute Gasteiger partial charge is 0.306 e. The molecule has 0 bridgehead atoms. The molecule has 352 valence electrons. The second-order valence-corrected chi connectivity index (χ2v) is 17.1. The summed E-state index contributed by atoms with van der Waals surface area (Å²) in [5, 5.41) is 0. The van der Waals surface area contributed by atoms with Gasteiger partial charge in [0.05, 0.1) is 0 Å². The number of hydrogen-bond acceptors (Lipinski definition) is 6. The Balaban J connectivity index is 4.37. The Bertz CT molecular complexity index is 1120. The molecule has 0 amide bonds. The summed E-state index contributed by atoms with van der Waals surface area (Å²) in [7, 11) is 0. The number of ether oxygens (including phenoxy) is 3. The fourth-order valence-electron chi connectivity index (χ4n) is 7.13. The monoisotopic (exact) mass is 853 g/mol. The summed E-state index contributed by atoms with van der Waals surface area (Å²) >= 11 is 0. The highest BCUT2D eigenvalue weighted by Gasteiger charge is 2.19. The zero-order chi connectivity index (χ0) is 44.4. The van der Waals surface area contributed by atoms with E-state index in [-0.39, 0.29) is 31.1 Å². The molecule has 1 atom stereocenters. The Morgan fingerprint density at radius 3 is 1.03 bits per heavy atom. The van der Waals surface area contributed by atoms with E-state index in [0.29, 0.717) is 19.3 Å². The van der Waals surface area contributed by atoms with Crippen molar-refractivity contribution in [2.24, 2.45) is 0 Å². The van der Waals surface area contributed by atoms with Gasteiger partial charge in [0.1, 0.15) is 13.2 Å². The Morgan fingerprint density at radius 1 is 0.344 bits per heavy atom. The van der Waals surface area contributed by atoms with Crippen molar-refractivity contribution in [3.63, 3.8) is 0 Å². The maximum absolute atomic E-state index is 12.8. The zero-order valence-electron chi connectivity index (χ0n) is 40.2. The van der Waals surface area contributed by atoms with Crippen molar-refractivity contribution in [2.45, 2.75) is 258 Å². The Labute approximate surface area is 377 Å². The topological polar surface area (TPSA) is 78.9 Å². The van der Waals surface area contributed by atoms with E-state index in [1.54, 1.807) is 0 Å². The fraction of sp³-hybridized carbons (Fsp3) is 0.764. The summed E-state index contributed by atoms with van der Waals surface area (Å²) in [5.74, 6) is -0.900. The molecular formula is C55H96O6. The molecule has 0 N–H and O–H groups in total. The first-order valence-electron chi connectivity index (χ1n) is 25.8. The molecule has 6 nitrogen and oxygen atoms in total. The first kappa shape index (κ1) is 58.1. The van der Waals surface area contributed by atoms with Crippen LogP contribution in [-0.4, -0.2) is 37.2 Å². The Kier molecular flexibility index (Phi) is 47.4. The summed E-state index contributed by atoms with van der Waals surface area (Å²) in [6.45, 7) is 6.49. The molecule has 0 aromatic rings. The van der Waals surface area contributed by atoms with Crippen LogP contribution < -0.4 is 0 Å². The zero-order valence-corrected chi connectivity index (χ0v) is 40.2. The molecule has 0 aliphatic rings. The van der Waals surface area contributed by atoms with Gasteiger partial charge in [0, 0.05) is 19.3 Å². The third-order valence-electron chi connectivity index (χ3n) is 11.0. The molecule has 0 aromatic heterocycles. The summed E-state index contributed by atoms with van der Waals surface area (Å²) in [6, 6.07) is 0. The Morgan fingerprint density at radius 2 is 0.639 bits per heavy atom. The highest BCUT2D eigenvalue weighted by Crippen LogP contribution is 2.14. The lowest BCUT2D eigenvalue weighted by molar-refractivity contribution is -0.167. The summed E-state index contributed by atoms with van der Waals surface area (Å²) < 4.78 is 16.8. The molecule has 0 aliphatic heterocycles. The molecule has 0 saturated heterocycles. The summed E-state index contributed by atoms with van der Waals surface area (Å²) in [6.07, 6.45) is 60.6. The number of esters is 3. The van der Waals surface area contributed by atoms with Gasteiger partial charge in [0.2, 0.25) is 0 Å². The minimum Gasteiger partial charge on any atom is -0.462 e. The van der Waals surface area contributed by atoms with Crippen LogP contribution in [0.25, 0.3) is 0 Å². The second kappa shape index (κ2) is 49.8. The quantitative estimate of drug-likeness (QED) is 0.0263. The summed E-state index contributed by atoms with van der Waals surface area (Å²) in [5.41, 5.74) is 0. The van der Waals surface area contributed by atoms with Crippen LogP contribution in [-0.2, 0) is 28.6 Å². The van der Waals surface area contributed by atoms with Gasteiger partial charge in [-0.05, 0) is 83.5 Å². The van der Waals surface area contributed by atoms with E-state index < -0.39 is 6.10 Å². The maximum Gasteiger partial charge on any atom is 0.306 e. The normalized spacial score (nSPS) is 12.5. The molecule has 6 heteroatoms. The van der Waals surface area contributed by atoms with Gasteiger partial charge in [-0.25, -0.2) is 0 Å². The number of carbonyl (C=O) groups excluding carboxylic acids is 3. The van der Waals surface area contributed by atoms with Gasteiger partial charge in [-0.3, -0.25) is 14.4 Å². The maximum atomic E-state index is 12.8. The standard InChI is InChI=1S/C55H96O6/c1-4-7-10-13-16-19-22-24-25-26-27-28-29-31-33-36-39-42-45-48-54(57)60-51-52(50-59-53(56)47-44-41-38-35-32-21-18-15-12-9-6-3)61-55(58)49-46-43-40-37-34-30-23-20-17-14-11-8-5-2/h7,10,16,19-20,23-25,27-28,52H,4-6,8-9,11-15,17-18,21-22,26,29-51H2,1-3H3/b10-7-,19-16-,23-20-,25-24-,28-27-. The first-order valence-corrected chi connectivity index (χ1v) is 25.8. The van der Waals surface area contributed by atoms with Crippen molar-refractivity contribution < 1.29 is 28.6 Å². The lowest BCUT2D eigenvalue weighted by Gasteiger charge is -2.18. The van der Waals surface area contributed by atoms with E-state index in [9.17, 15) is 14.4 Å². The van der Waals surface area contributed by atoms with Crippen LogP contribution in [0.1, 0.15) is 252 Å². The van der Waals surface area contributed by atoms with Crippen LogP contribution in [0.2, 0.25) is 0 Å². The van der Waals surface area contributed by atoms with Crippen LogP contribution >= 0.6 is 0 Å². The summed E-state index contributed by atoms with van der Waals surface area (Å²) in [4.78, 5) is 37.9. The molecule has 1 unspecified atom stereocenters. The van der Waals surface area contributed by atoms with Crippen LogP contribution in [0.15, 0.2) is 60.8 Å². The first-order chi connectivity index (χ1) is 30.0. The third kappa shape index (κ3) is 48.0. The van der Waals surface area contributed by atoms with Crippen molar-refractivity contribution in [3.05, 3.63) is 60.8 Å². The number of hydrogen-bond donors (Lipinski definition) is 0. The predicted molar refractivity (Wildman–Crippen MR) is 261 cm³/mol. The number of allylic oxidation sites excluding steroid dienone is 10. The van der Waals surface area contributed by atoms with Crippen LogP contribution in [0.3, 0.4) is 0 Å². The van der Waals surface area contributed by atoms with E-state index in [1.807, 2.05) is 0 Å². The molecule has 0 radical (unpaired) electrons. The minimum atomic E-state index is -0.781. The van der Waals surface area contributed by atoms with Crippen LogP contribution in [0.4, 0.5) is 0 Å². The van der Waals surface area contributed by atoms with Gasteiger partial charge in [-0.1, -0.05) is 210 Å². The fourth-order valence-corrected chi connectivity index (χ4v) is 7.13. The molecule has 0 fully saturated rings. The van der Waals surface area contributed by atoms with E-state index in [1.165, 1.54) is 109 Å². The molecule has 0 rings (SSSR count). The van der Waals surface area contributed by atoms with Crippen molar-refractivity contribution >= 4 is 17.9 Å². The SMILES string of the molecule is CC/C=C\C/C=C\C/C=C\C/C=C\CCCCCCCCC(=O)OCC(COC(=O)CCCCCCCCCCCCC)OC(=O)CCCCCCC/C=C\CCCCCC. The van der Waals surface area contributed by atoms with E-state index in [4.69, 9.17) is 14.2 Å². The highest BCUT2D eigenvalue weighted by molar-refractivity contribution is 5.71. The molecular weight excluding hydrogens is 757 g/mol. The molecule has 0 heterocycles. The lowest BCUT2D eigenvalue weighted by atomic mass is 10.1. The Hall–Kier alpha value is -2.89. The van der Waals surface area contributed by atoms with Crippen molar-refractivity contribution in [3.8, 4) is 0 Å². The number of rotatable bonds is 46. The predicted octanol–water partition coefficient (Wildman–Crippen LogP) is 16.9. The third-order valence-corrected chi connectivity index (χ3v) is 11.0. The minimum absolute atomic E-state index is 0.0804. The van der Waals surface area contributed by atoms with Gasteiger partial charge in [-0.2, -0.15) is 0 Å². The van der Waals surface area contributed by atoms with Crippen molar-refractivity contribution in [1.29, 1.82) is 0 Å². The molecule has 0 aliphatic carbocycles. The van der Waals surface area contributed by atoms with E-state index >= 15 is 0 Å². The second-order valence-electron chi connectivity index (χ2n) is 17.1. The van der Waals surface area contributed by atoms with Gasteiger partial charge < -0.3 is 14.2 Å². The van der Waals surface area contributed by atoms with Crippen molar-refractivity contribution in [1.82, 2.24) is 0 Å². The average molecular weight is 853 g/mol. The van der Waals surface area contributed by atoms with Gasteiger partial charge in [0.15, 0.2) is 6.10 Å². The van der Waals surface area contributed by atoms with Crippen LogP contribution in [0, 0.1) is 0 Å². The number of unbranched alkanes of at least 4 members (excludes halogenated alkanes) is 25. The van der Waals surface area contributed by atoms with Crippen molar-refractivity contribution in [2.75, 3.05) is 13.2 Å². The van der Waals surface area contributed by atoms with Gasteiger partial charge in [0.25, 0.3) is 0 Å². The highest BCUT2D eigenvalue weighted by atomic mass is 16.6. The van der Waals surface area contributed by atoms with Crippen LogP contribution in [0.5, 0.6) is 0 Å². The lowest BCUT2D eigenvalue weighted by Crippen LogP contribution is -2.30. The molecule has 61 heavy (non-hydrogen) atoms. The molecule has 0 spiro atoms. The van der Waals surface area contributed by atoms with E-state index in [0.717, 1.165) is 103 Å². The average Bonchev–Trinajstić information content (AvgIpc) is 3.26. The van der Waals surface area contributed by atoms with E-state index in [2.05, 4.69) is 81.5 Å². The molecule has 0 saturated carbocycles. The largest absolute Gasteiger partial charge is 0.462 e. The van der Waals surface area contributed by atoms with Gasteiger partial charge >= 0.3 is 17.9 Å². The number of carbonyl (C=O) groups is 3. The molecule has 0 aromatic carbocycles. The van der Waals surface area contributed by atoms with Gasteiger partial charge in [-0.15, -0.1) is 0 Å².